The van der Waals surface area contributed by atoms with Crippen molar-refractivity contribution in [1.29, 1.82) is 0 Å². The maximum Gasteiger partial charge on any atom is 0.416 e. The Morgan fingerprint density at radius 2 is 1.67 bits per heavy atom. The number of rotatable bonds is 4. The second-order valence-electron chi connectivity index (χ2n) is 4.81. The van der Waals surface area contributed by atoms with Crippen LogP contribution in [0.25, 0.3) is 0 Å². The van der Waals surface area contributed by atoms with Gasteiger partial charge in [0.2, 0.25) is 0 Å². The SMILES string of the molecule is CC(NCc1ccccc1C(F)(F)F)c1ccc(Cl)cc1. The molecule has 2 aromatic rings. The van der Waals surface area contributed by atoms with Crippen molar-refractivity contribution in [3.63, 3.8) is 0 Å². The van der Waals surface area contributed by atoms with E-state index in [0.29, 0.717) is 5.02 Å². The molecular weight excluding hydrogens is 299 g/mol. The van der Waals surface area contributed by atoms with Gasteiger partial charge in [-0.05, 0) is 36.2 Å². The lowest BCUT2D eigenvalue weighted by Gasteiger charge is -2.17. The molecule has 0 spiro atoms. The third-order valence-corrected chi connectivity index (χ3v) is 3.54. The number of hydrogen-bond donors (Lipinski definition) is 1. The van der Waals surface area contributed by atoms with E-state index in [1.165, 1.54) is 12.1 Å². The number of hydrogen-bond acceptors (Lipinski definition) is 1. The van der Waals surface area contributed by atoms with E-state index in [9.17, 15) is 13.2 Å². The van der Waals surface area contributed by atoms with E-state index < -0.39 is 11.7 Å². The van der Waals surface area contributed by atoms with Gasteiger partial charge >= 0.3 is 6.18 Å². The fraction of sp³-hybridized carbons (Fsp3) is 0.250. The van der Waals surface area contributed by atoms with E-state index in [-0.39, 0.29) is 18.2 Å². The first-order valence-electron chi connectivity index (χ1n) is 6.52. The Hall–Kier alpha value is -1.52. The molecule has 5 heteroatoms. The van der Waals surface area contributed by atoms with Gasteiger partial charge in [-0.3, -0.25) is 0 Å². The van der Waals surface area contributed by atoms with Crippen LogP contribution >= 0.6 is 11.6 Å². The highest BCUT2D eigenvalue weighted by atomic mass is 35.5. The molecule has 0 amide bonds. The standard InChI is InChI=1S/C16H15ClF3N/c1-11(12-6-8-14(17)9-7-12)21-10-13-4-2-3-5-15(13)16(18,19)20/h2-9,11,21H,10H2,1H3. The Labute approximate surface area is 126 Å². The van der Waals surface area contributed by atoms with Gasteiger partial charge in [0.05, 0.1) is 5.56 Å². The highest BCUT2D eigenvalue weighted by Gasteiger charge is 2.32. The average Bonchev–Trinajstić information content (AvgIpc) is 2.45. The lowest BCUT2D eigenvalue weighted by molar-refractivity contribution is -0.138. The molecule has 0 radical (unpaired) electrons. The average molecular weight is 314 g/mol. The van der Waals surface area contributed by atoms with Crippen molar-refractivity contribution in [2.75, 3.05) is 0 Å². The highest BCUT2D eigenvalue weighted by Crippen LogP contribution is 2.32. The molecule has 0 aromatic heterocycles. The summed E-state index contributed by atoms with van der Waals surface area (Å²) in [5.41, 5.74) is 0.621. The van der Waals surface area contributed by atoms with E-state index in [1.807, 2.05) is 19.1 Å². The van der Waals surface area contributed by atoms with Gasteiger partial charge < -0.3 is 5.32 Å². The van der Waals surface area contributed by atoms with E-state index in [0.717, 1.165) is 11.6 Å². The van der Waals surface area contributed by atoms with Crippen molar-refractivity contribution in [3.8, 4) is 0 Å². The lowest BCUT2D eigenvalue weighted by Crippen LogP contribution is -2.20. The quantitative estimate of drug-likeness (QED) is 0.817. The topological polar surface area (TPSA) is 12.0 Å². The predicted octanol–water partition coefficient (Wildman–Crippen LogP) is 5.21. The van der Waals surface area contributed by atoms with Crippen LogP contribution in [0.2, 0.25) is 5.02 Å². The smallest absolute Gasteiger partial charge is 0.306 e. The molecule has 0 saturated heterocycles. The molecule has 0 heterocycles. The fourth-order valence-electron chi connectivity index (χ4n) is 2.08. The van der Waals surface area contributed by atoms with E-state index in [4.69, 9.17) is 11.6 Å². The summed E-state index contributed by atoms with van der Waals surface area (Å²) < 4.78 is 38.7. The molecule has 21 heavy (non-hydrogen) atoms. The molecule has 2 aromatic carbocycles. The van der Waals surface area contributed by atoms with Crippen molar-refractivity contribution in [1.82, 2.24) is 5.32 Å². The van der Waals surface area contributed by atoms with Gasteiger partial charge in [0, 0.05) is 17.6 Å². The largest absolute Gasteiger partial charge is 0.416 e. The zero-order valence-corrected chi connectivity index (χ0v) is 12.2. The normalized spacial score (nSPS) is 13.2. The molecule has 0 aliphatic rings. The Morgan fingerprint density at radius 1 is 1.05 bits per heavy atom. The van der Waals surface area contributed by atoms with Crippen molar-refractivity contribution in [2.45, 2.75) is 25.7 Å². The molecule has 2 rings (SSSR count). The Kier molecular flexibility index (Phi) is 4.91. The molecule has 1 unspecified atom stereocenters. The number of alkyl halides is 3. The highest BCUT2D eigenvalue weighted by molar-refractivity contribution is 6.30. The van der Waals surface area contributed by atoms with Gasteiger partial charge in [0.25, 0.3) is 0 Å². The zero-order chi connectivity index (χ0) is 15.5. The molecule has 0 bridgehead atoms. The molecule has 1 atom stereocenters. The maximum atomic E-state index is 12.9. The van der Waals surface area contributed by atoms with Gasteiger partial charge in [-0.25, -0.2) is 0 Å². The zero-order valence-electron chi connectivity index (χ0n) is 11.4. The minimum atomic E-state index is -4.33. The predicted molar refractivity (Wildman–Crippen MR) is 78.2 cm³/mol. The first kappa shape index (κ1) is 15.9. The van der Waals surface area contributed by atoms with Crippen LogP contribution in [-0.4, -0.2) is 0 Å². The van der Waals surface area contributed by atoms with Crippen LogP contribution in [0.5, 0.6) is 0 Å². The molecule has 1 N–H and O–H groups in total. The van der Waals surface area contributed by atoms with Gasteiger partial charge in [0.1, 0.15) is 0 Å². The van der Waals surface area contributed by atoms with Crippen LogP contribution in [0.15, 0.2) is 48.5 Å². The molecule has 1 nitrogen and oxygen atoms in total. The summed E-state index contributed by atoms with van der Waals surface area (Å²) in [7, 11) is 0. The summed E-state index contributed by atoms with van der Waals surface area (Å²) >= 11 is 5.81. The third kappa shape index (κ3) is 4.22. The maximum absolute atomic E-state index is 12.9. The summed E-state index contributed by atoms with van der Waals surface area (Å²) in [5.74, 6) is 0. The van der Waals surface area contributed by atoms with Crippen molar-refractivity contribution in [2.24, 2.45) is 0 Å². The van der Waals surface area contributed by atoms with Gasteiger partial charge in [-0.2, -0.15) is 13.2 Å². The van der Waals surface area contributed by atoms with Crippen LogP contribution in [-0.2, 0) is 12.7 Å². The number of nitrogens with one attached hydrogen (secondary N) is 1. The summed E-state index contributed by atoms with van der Waals surface area (Å²) in [6.07, 6.45) is -4.33. The summed E-state index contributed by atoms with van der Waals surface area (Å²) in [6, 6.07) is 12.8. The molecule has 112 valence electrons. The molecule has 0 saturated carbocycles. The van der Waals surface area contributed by atoms with Crippen molar-refractivity contribution in [3.05, 3.63) is 70.2 Å². The second kappa shape index (κ2) is 6.50. The van der Waals surface area contributed by atoms with E-state index >= 15 is 0 Å². The summed E-state index contributed by atoms with van der Waals surface area (Å²) in [4.78, 5) is 0. The van der Waals surface area contributed by atoms with Crippen LogP contribution < -0.4 is 5.32 Å². The second-order valence-corrected chi connectivity index (χ2v) is 5.25. The Balaban J connectivity index is 2.08. The number of halogens is 4. The Bertz CT molecular complexity index is 593. The van der Waals surface area contributed by atoms with Crippen LogP contribution in [0.1, 0.15) is 29.7 Å². The van der Waals surface area contributed by atoms with Gasteiger partial charge in [-0.1, -0.05) is 41.9 Å². The molecule has 0 aliphatic heterocycles. The first-order chi connectivity index (χ1) is 9.88. The fourth-order valence-corrected chi connectivity index (χ4v) is 2.21. The summed E-state index contributed by atoms with van der Waals surface area (Å²) in [6.45, 7) is 2.05. The monoisotopic (exact) mass is 313 g/mol. The van der Waals surface area contributed by atoms with Crippen LogP contribution in [0.4, 0.5) is 13.2 Å². The molecular formula is C16H15ClF3N. The van der Waals surface area contributed by atoms with Gasteiger partial charge in [-0.15, -0.1) is 0 Å². The minimum Gasteiger partial charge on any atom is -0.306 e. The third-order valence-electron chi connectivity index (χ3n) is 3.29. The van der Waals surface area contributed by atoms with Crippen LogP contribution in [0.3, 0.4) is 0 Å². The van der Waals surface area contributed by atoms with Crippen molar-refractivity contribution < 1.29 is 13.2 Å². The van der Waals surface area contributed by atoms with Gasteiger partial charge in [0.15, 0.2) is 0 Å². The Morgan fingerprint density at radius 3 is 2.29 bits per heavy atom. The lowest BCUT2D eigenvalue weighted by atomic mass is 10.1. The van der Waals surface area contributed by atoms with E-state index in [2.05, 4.69) is 5.32 Å². The summed E-state index contributed by atoms with van der Waals surface area (Å²) in [5, 5.41) is 3.74. The molecule has 0 fully saturated rings. The molecule has 0 aliphatic carbocycles. The van der Waals surface area contributed by atoms with Crippen LogP contribution in [0, 0.1) is 0 Å². The minimum absolute atomic E-state index is 0.0662. The first-order valence-corrected chi connectivity index (χ1v) is 6.89. The van der Waals surface area contributed by atoms with Crippen molar-refractivity contribution >= 4 is 11.6 Å². The number of benzene rings is 2. The van der Waals surface area contributed by atoms with E-state index in [1.54, 1.807) is 18.2 Å².